The number of carbonyl (C=O) groups excluding carboxylic acids is 2. The average molecular weight is 522 g/mol. The van der Waals surface area contributed by atoms with E-state index in [1.54, 1.807) is 23.2 Å². The van der Waals surface area contributed by atoms with Gasteiger partial charge in [-0.1, -0.05) is 18.2 Å². The largest absolute Gasteiger partial charge is 0.454 e. The van der Waals surface area contributed by atoms with Crippen molar-refractivity contribution in [1.29, 1.82) is 0 Å². The van der Waals surface area contributed by atoms with Crippen LogP contribution in [0.5, 0.6) is 11.5 Å². The molecule has 184 valence electrons. The summed E-state index contributed by atoms with van der Waals surface area (Å²) >= 11 is 3.12. The second-order valence-corrected chi connectivity index (χ2v) is 10.6. The Labute approximate surface area is 215 Å². The maximum absolute atomic E-state index is 13.1. The Kier molecular flexibility index (Phi) is 5.98. The van der Waals surface area contributed by atoms with Gasteiger partial charge in [-0.2, -0.15) is 0 Å². The molecule has 0 spiro atoms. The molecular formula is C26H23N3O5S2. The topological polar surface area (TPSA) is 90.0 Å². The molecule has 0 saturated carbocycles. The molecule has 2 aromatic carbocycles. The van der Waals surface area contributed by atoms with Crippen LogP contribution in [0.2, 0.25) is 0 Å². The van der Waals surface area contributed by atoms with Gasteiger partial charge in [-0.25, -0.2) is 9.78 Å². The number of thiazole rings is 1. The summed E-state index contributed by atoms with van der Waals surface area (Å²) in [7, 11) is 0. The molecule has 4 heterocycles. The first-order valence-corrected chi connectivity index (χ1v) is 13.3. The lowest BCUT2D eigenvalue weighted by Gasteiger charge is -2.26. The van der Waals surface area contributed by atoms with Crippen LogP contribution >= 0.6 is 22.7 Å². The fourth-order valence-electron chi connectivity index (χ4n) is 4.47. The highest BCUT2D eigenvalue weighted by Crippen LogP contribution is 2.46. The van der Waals surface area contributed by atoms with Crippen molar-refractivity contribution >= 4 is 49.9 Å². The van der Waals surface area contributed by atoms with Gasteiger partial charge in [0.15, 0.2) is 11.5 Å². The second kappa shape index (κ2) is 9.44. The van der Waals surface area contributed by atoms with E-state index < -0.39 is 0 Å². The predicted molar refractivity (Wildman–Crippen MR) is 139 cm³/mol. The number of benzene rings is 2. The normalized spacial score (nSPS) is 14.1. The monoisotopic (exact) mass is 521 g/mol. The van der Waals surface area contributed by atoms with Gasteiger partial charge in [-0.15, -0.1) is 22.7 Å². The van der Waals surface area contributed by atoms with E-state index in [9.17, 15) is 9.59 Å². The fourth-order valence-corrected chi connectivity index (χ4v) is 6.86. The highest BCUT2D eigenvalue weighted by molar-refractivity contribution is 7.22. The molecule has 2 aliphatic rings. The van der Waals surface area contributed by atoms with Crippen molar-refractivity contribution in [3.05, 3.63) is 58.5 Å². The van der Waals surface area contributed by atoms with Crippen molar-refractivity contribution in [3.63, 3.8) is 0 Å². The van der Waals surface area contributed by atoms with Crippen LogP contribution in [-0.4, -0.2) is 41.8 Å². The SMILES string of the molecule is CCOC(=O)N1CCc2c(sc(NC(=O)Cc3ccc4c(c3)OCO4)c2-c2nc3ccccc3s2)C1. The maximum atomic E-state index is 13.1. The summed E-state index contributed by atoms with van der Waals surface area (Å²) in [6.45, 7) is 3.35. The lowest BCUT2D eigenvalue weighted by Crippen LogP contribution is -2.35. The minimum atomic E-state index is -0.313. The molecule has 2 aliphatic heterocycles. The van der Waals surface area contributed by atoms with E-state index in [-0.39, 0.29) is 25.2 Å². The Balaban J connectivity index is 1.32. The van der Waals surface area contributed by atoms with Crippen molar-refractivity contribution in [3.8, 4) is 22.1 Å². The van der Waals surface area contributed by atoms with Crippen LogP contribution in [0.4, 0.5) is 9.80 Å². The number of nitrogens with zero attached hydrogens (tertiary/aromatic N) is 2. The molecule has 6 rings (SSSR count). The van der Waals surface area contributed by atoms with Gasteiger partial charge < -0.3 is 24.4 Å². The van der Waals surface area contributed by atoms with E-state index in [2.05, 4.69) is 11.4 Å². The number of fused-ring (bicyclic) bond motifs is 3. The summed E-state index contributed by atoms with van der Waals surface area (Å²) in [5.74, 6) is 1.22. The number of nitrogens with one attached hydrogen (secondary N) is 1. The van der Waals surface area contributed by atoms with Crippen LogP contribution < -0.4 is 14.8 Å². The van der Waals surface area contributed by atoms with Crippen molar-refractivity contribution < 1.29 is 23.8 Å². The molecule has 2 amide bonds. The Morgan fingerprint density at radius 1 is 1.14 bits per heavy atom. The molecule has 0 atom stereocenters. The van der Waals surface area contributed by atoms with Gasteiger partial charge in [0.05, 0.1) is 29.8 Å². The van der Waals surface area contributed by atoms with Gasteiger partial charge in [-0.3, -0.25) is 4.79 Å². The molecule has 1 N–H and O–H groups in total. The molecule has 10 heteroatoms. The van der Waals surface area contributed by atoms with Crippen molar-refractivity contribution in [2.24, 2.45) is 0 Å². The van der Waals surface area contributed by atoms with Crippen LogP contribution in [-0.2, 0) is 28.9 Å². The summed E-state index contributed by atoms with van der Waals surface area (Å²) in [5.41, 5.74) is 3.86. The molecule has 0 aliphatic carbocycles. The van der Waals surface area contributed by atoms with Crippen LogP contribution in [0, 0.1) is 0 Å². The van der Waals surface area contributed by atoms with Crippen molar-refractivity contribution in [1.82, 2.24) is 9.88 Å². The highest BCUT2D eigenvalue weighted by atomic mass is 32.1. The number of anilines is 1. The zero-order valence-corrected chi connectivity index (χ0v) is 21.2. The van der Waals surface area contributed by atoms with Crippen molar-refractivity contribution in [2.75, 3.05) is 25.3 Å². The lowest BCUT2D eigenvalue weighted by molar-refractivity contribution is -0.115. The van der Waals surface area contributed by atoms with Gasteiger partial charge in [0, 0.05) is 17.0 Å². The third-order valence-electron chi connectivity index (χ3n) is 6.15. The standard InChI is InChI=1S/C26H23N3O5S2/c1-2-32-26(31)29-10-9-16-21(13-29)36-25(23(16)24-27-17-5-3-4-6-20(17)35-24)28-22(30)12-15-7-8-18-19(11-15)34-14-33-18/h3-8,11H,2,9-10,12-14H2,1H3,(H,28,30). The third kappa shape index (κ3) is 4.27. The number of hydrogen-bond donors (Lipinski definition) is 1. The molecule has 0 radical (unpaired) electrons. The first-order valence-electron chi connectivity index (χ1n) is 11.7. The van der Waals surface area contributed by atoms with Gasteiger partial charge in [-0.05, 0) is 48.7 Å². The molecule has 4 aromatic rings. The smallest absolute Gasteiger partial charge is 0.410 e. The van der Waals surface area contributed by atoms with E-state index in [1.165, 1.54) is 11.3 Å². The molecule has 0 bridgehead atoms. The van der Waals surface area contributed by atoms with E-state index in [0.29, 0.717) is 37.6 Å². The number of thiophene rings is 1. The molecule has 0 fully saturated rings. The maximum Gasteiger partial charge on any atom is 0.410 e. The van der Waals surface area contributed by atoms with E-state index >= 15 is 0 Å². The number of aromatic nitrogens is 1. The summed E-state index contributed by atoms with van der Waals surface area (Å²) in [6, 6.07) is 13.6. The summed E-state index contributed by atoms with van der Waals surface area (Å²) < 4.78 is 17.1. The number of carbonyl (C=O) groups is 2. The number of amides is 2. The molecule has 8 nitrogen and oxygen atoms in total. The van der Waals surface area contributed by atoms with E-state index in [0.717, 1.165) is 41.8 Å². The third-order valence-corrected chi connectivity index (χ3v) is 8.33. The van der Waals surface area contributed by atoms with Gasteiger partial charge in [0.1, 0.15) is 10.0 Å². The minimum Gasteiger partial charge on any atom is -0.454 e. The summed E-state index contributed by atoms with van der Waals surface area (Å²) in [4.78, 5) is 33.1. The molecule has 36 heavy (non-hydrogen) atoms. The minimum absolute atomic E-state index is 0.128. The first kappa shape index (κ1) is 22.8. The number of hydrogen-bond acceptors (Lipinski definition) is 8. The Morgan fingerprint density at radius 2 is 2.00 bits per heavy atom. The number of para-hydroxylation sites is 1. The molecule has 0 unspecified atom stereocenters. The molecule has 2 aromatic heterocycles. The van der Waals surface area contributed by atoms with E-state index in [1.807, 2.05) is 36.4 Å². The van der Waals surface area contributed by atoms with Gasteiger partial charge in [0.25, 0.3) is 0 Å². The Bertz CT molecular complexity index is 1440. The lowest BCUT2D eigenvalue weighted by atomic mass is 10.0. The highest BCUT2D eigenvalue weighted by Gasteiger charge is 2.30. The Hall–Kier alpha value is -3.63. The quantitative estimate of drug-likeness (QED) is 0.376. The zero-order valence-electron chi connectivity index (χ0n) is 19.5. The van der Waals surface area contributed by atoms with Crippen LogP contribution in [0.1, 0.15) is 22.9 Å². The summed E-state index contributed by atoms with van der Waals surface area (Å²) in [5, 5.41) is 4.77. The molecule has 0 saturated heterocycles. The summed E-state index contributed by atoms with van der Waals surface area (Å²) in [6.07, 6.45) is 0.563. The average Bonchev–Trinajstić information content (AvgIpc) is 3.59. The zero-order chi connectivity index (χ0) is 24.6. The van der Waals surface area contributed by atoms with E-state index in [4.69, 9.17) is 19.2 Å². The Morgan fingerprint density at radius 3 is 2.86 bits per heavy atom. The van der Waals surface area contributed by atoms with Crippen LogP contribution in [0.3, 0.4) is 0 Å². The fraction of sp³-hybridized carbons (Fsp3) is 0.269. The second-order valence-electron chi connectivity index (χ2n) is 8.48. The molecular weight excluding hydrogens is 498 g/mol. The first-order chi connectivity index (χ1) is 17.6. The van der Waals surface area contributed by atoms with Gasteiger partial charge >= 0.3 is 6.09 Å². The number of ether oxygens (including phenoxy) is 3. The van der Waals surface area contributed by atoms with Gasteiger partial charge in [0.2, 0.25) is 12.7 Å². The van der Waals surface area contributed by atoms with Crippen molar-refractivity contribution in [2.45, 2.75) is 26.3 Å². The number of rotatable bonds is 5. The van der Waals surface area contributed by atoms with Crippen LogP contribution in [0.25, 0.3) is 20.8 Å². The predicted octanol–water partition coefficient (Wildman–Crippen LogP) is 5.45. The van der Waals surface area contributed by atoms with Crippen LogP contribution in [0.15, 0.2) is 42.5 Å².